The number of ether oxygens (including phenoxy) is 1. The van der Waals surface area contributed by atoms with Gasteiger partial charge in [0.1, 0.15) is 5.75 Å². The molecule has 0 spiro atoms. The van der Waals surface area contributed by atoms with Crippen LogP contribution in [-0.4, -0.2) is 17.2 Å². The molecule has 3 nitrogen and oxygen atoms in total. The number of hydrogen-bond donors (Lipinski definition) is 1. The van der Waals surface area contributed by atoms with E-state index < -0.39 is 0 Å². The van der Waals surface area contributed by atoms with Gasteiger partial charge in [-0.15, -0.1) is 0 Å². The Morgan fingerprint density at radius 3 is 2.69 bits per heavy atom. The van der Waals surface area contributed by atoms with E-state index in [9.17, 15) is 0 Å². The third kappa shape index (κ3) is 2.19. The maximum absolute atomic E-state index is 6.03. The second-order valence-corrected chi connectivity index (χ2v) is 4.86. The Kier molecular flexibility index (Phi) is 2.64. The van der Waals surface area contributed by atoms with Gasteiger partial charge in [0.05, 0.1) is 7.11 Å². The first-order valence-electron chi connectivity index (χ1n) is 5.41. The molecule has 2 N–H and O–H groups in total. The van der Waals surface area contributed by atoms with Crippen LogP contribution in [0.25, 0.3) is 10.9 Å². The minimum absolute atomic E-state index is 0.203. The molecule has 0 saturated carbocycles. The van der Waals surface area contributed by atoms with Gasteiger partial charge in [-0.1, -0.05) is 0 Å². The van der Waals surface area contributed by atoms with Crippen molar-refractivity contribution in [3.8, 4) is 5.75 Å². The predicted molar refractivity (Wildman–Crippen MR) is 66.8 cm³/mol. The predicted octanol–water partition coefficient (Wildman–Crippen LogP) is 2.39. The molecule has 0 unspecified atom stereocenters. The van der Waals surface area contributed by atoms with Gasteiger partial charge >= 0.3 is 0 Å². The maximum atomic E-state index is 6.03. The zero-order valence-corrected chi connectivity index (χ0v) is 10.0. The molecular weight excluding hydrogens is 200 g/mol. The second-order valence-electron chi connectivity index (χ2n) is 4.86. The van der Waals surface area contributed by atoms with E-state index in [0.717, 1.165) is 12.3 Å². The number of rotatable bonds is 3. The summed E-state index contributed by atoms with van der Waals surface area (Å²) >= 11 is 0. The van der Waals surface area contributed by atoms with Gasteiger partial charge in [0.25, 0.3) is 0 Å². The molecule has 1 aromatic heterocycles. The monoisotopic (exact) mass is 218 g/mol. The molecule has 0 aliphatic carbocycles. The Morgan fingerprint density at radius 1 is 1.31 bits per heavy atom. The van der Waals surface area contributed by atoms with Crippen LogP contribution >= 0.6 is 0 Å². The lowest BCUT2D eigenvalue weighted by molar-refractivity contribution is 0.415. The van der Waals surface area contributed by atoms with Crippen LogP contribution in [0, 0.1) is 0 Å². The van der Waals surface area contributed by atoms with Crippen molar-refractivity contribution in [2.24, 2.45) is 5.73 Å². The third-order valence-electron chi connectivity index (χ3n) is 2.56. The fourth-order valence-corrected chi connectivity index (χ4v) is 1.88. The van der Waals surface area contributed by atoms with Crippen molar-refractivity contribution in [1.29, 1.82) is 0 Å². The minimum atomic E-state index is -0.203. The average Bonchev–Trinajstić information content (AvgIpc) is 2.58. The number of nitrogens with two attached hydrogens (primary N) is 1. The lowest BCUT2D eigenvalue weighted by Crippen LogP contribution is -2.36. The largest absolute Gasteiger partial charge is 0.497 e. The van der Waals surface area contributed by atoms with Crippen LogP contribution in [-0.2, 0) is 6.54 Å². The van der Waals surface area contributed by atoms with Crippen molar-refractivity contribution in [2.45, 2.75) is 25.9 Å². The number of nitrogens with zero attached hydrogens (tertiary/aromatic N) is 1. The Morgan fingerprint density at radius 2 is 2.06 bits per heavy atom. The van der Waals surface area contributed by atoms with Crippen LogP contribution in [0.15, 0.2) is 30.5 Å². The molecule has 0 aliphatic rings. The lowest BCUT2D eigenvalue weighted by Gasteiger charge is -2.20. The molecule has 16 heavy (non-hydrogen) atoms. The van der Waals surface area contributed by atoms with Crippen LogP contribution in [0.2, 0.25) is 0 Å². The van der Waals surface area contributed by atoms with E-state index in [-0.39, 0.29) is 5.54 Å². The van der Waals surface area contributed by atoms with E-state index in [0.29, 0.717) is 0 Å². The Labute approximate surface area is 95.8 Å². The zero-order valence-electron chi connectivity index (χ0n) is 10.0. The second kappa shape index (κ2) is 3.83. The summed E-state index contributed by atoms with van der Waals surface area (Å²) < 4.78 is 7.37. The molecule has 0 bridgehead atoms. The quantitative estimate of drug-likeness (QED) is 0.859. The first kappa shape index (κ1) is 11.0. The van der Waals surface area contributed by atoms with Crippen molar-refractivity contribution in [3.05, 3.63) is 30.5 Å². The van der Waals surface area contributed by atoms with E-state index in [4.69, 9.17) is 10.5 Å². The van der Waals surface area contributed by atoms with Gasteiger partial charge in [0, 0.05) is 29.2 Å². The van der Waals surface area contributed by atoms with Gasteiger partial charge in [0.15, 0.2) is 0 Å². The Hall–Kier alpha value is -1.48. The Bertz CT molecular complexity index is 494. The molecule has 1 heterocycles. The van der Waals surface area contributed by atoms with E-state index in [1.54, 1.807) is 7.11 Å². The summed E-state index contributed by atoms with van der Waals surface area (Å²) in [7, 11) is 1.68. The van der Waals surface area contributed by atoms with Crippen LogP contribution in [0.5, 0.6) is 5.75 Å². The SMILES string of the molecule is COc1ccc2c(ccn2CC(C)(C)N)c1. The van der Waals surface area contributed by atoms with E-state index in [1.807, 2.05) is 26.0 Å². The van der Waals surface area contributed by atoms with Crippen molar-refractivity contribution in [3.63, 3.8) is 0 Å². The maximum Gasteiger partial charge on any atom is 0.119 e. The van der Waals surface area contributed by atoms with Gasteiger partial charge in [-0.25, -0.2) is 0 Å². The summed E-state index contributed by atoms with van der Waals surface area (Å²) in [6, 6.07) is 8.17. The standard InChI is InChI=1S/C13H18N2O/c1-13(2,14)9-15-7-6-10-8-11(16-3)4-5-12(10)15/h4-8H,9,14H2,1-3H3. The molecule has 0 amide bonds. The Balaban J connectivity index is 2.42. The molecule has 0 aliphatic heterocycles. The molecule has 0 saturated heterocycles. The van der Waals surface area contributed by atoms with E-state index in [1.165, 1.54) is 10.9 Å². The molecule has 2 rings (SSSR count). The van der Waals surface area contributed by atoms with Crippen LogP contribution < -0.4 is 10.5 Å². The number of aromatic nitrogens is 1. The lowest BCUT2D eigenvalue weighted by atomic mass is 10.1. The highest BCUT2D eigenvalue weighted by atomic mass is 16.5. The van der Waals surface area contributed by atoms with E-state index >= 15 is 0 Å². The fraction of sp³-hybridized carbons (Fsp3) is 0.385. The topological polar surface area (TPSA) is 40.2 Å². The molecule has 0 atom stereocenters. The number of methoxy groups -OCH3 is 1. The molecular formula is C13H18N2O. The summed E-state index contributed by atoms with van der Waals surface area (Å²) in [5.74, 6) is 0.886. The molecule has 86 valence electrons. The molecule has 1 aromatic carbocycles. The summed E-state index contributed by atoms with van der Waals surface area (Å²) in [4.78, 5) is 0. The first-order valence-corrected chi connectivity index (χ1v) is 5.41. The molecule has 0 radical (unpaired) electrons. The zero-order chi connectivity index (χ0) is 11.8. The highest BCUT2D eigenvalue weighted by molar-refractivity contribution is 5.81. The summed E-state index contributed by atoms with van der Waals surface area (Å²) in [5.41, 5.74) is 7.02. The van der Waals surface area contributed by atoms with Crippen molar-refractivity contribution < 1.29 is 4.74 Å². The van der Waals surface area contributed by atoms with Crippen LogP contribution in [0.4, 0.5) is 0 Å². The van der Waals surface area contributed by atoms with Gasteiger partial charge < -0.3 is 15.0 Å². The van der Waals surface area contributed by atoms with Gasteiger partial charge in [-0.05, 0) is 38.1 Å². The highest BCUT2D eigenvalue weighted by Gasteiger charge is 2.12. The number of fused-ring (bicyclic) bond motifs is 1. The first-order chi connectivity index (χ1) is 7.49. The van der Waals surface area contributed by atoms with E-state index in [2.05, 4.69) is 22.9 Å². The molecule has 0 fully saturated rings. The summed E-state index contributed by atoms with van der Waals surface area (Å²) in [6.07, 6.45) is 2.07. The van der Waals surface area contributed by atoms with Gasteiger partial charge in [-0.2, -0.15) is 0 Å². The number of hydrogen-bond acceptors (Lipinski definition) is 2. The summed E-state index contributed by atoms with van der Waals surface area (Å²) in [6.45, 7) is 4.87. The molecule has 2 aromatic rings. The van der Waals surface area contributed by atoms with Crippen molar-refractivity contribution >= 4 is 10.9 Å². The third-order valence-corrected chi connectivity index (χ3v) is 2.56. The average molecular weight is 218 g/mol. The minimum Gasteiger partial charge on any atom is -0.497 e. The van der Waals surface area contributed by atoms with Crippen LogP contribution in [0.1, 0.15) is 13.8 Å². The van der Waals surface area contributed by atoms with Crippen molar-refractivity contribution in [2.75, 3.05) is 7.11 Å². The van der Waals surface area contributed by atoms with Gasteiger partial charge in [-0.3, -0.25) is 0 Å². The fourth-order valence-electron chi connectivity index (χ4n) is 1.88. The smallest absolute Gasteiger partial charge is 0.119 e. The number of benzene rings is 1. The summed E-state index contributed by atoms with van der Waals surface area (Å²) in [5, 5.41) is 1.18. The van der Waals surface area contributed by atoms with Gasteiger partial charge in [0.2, 0.25) is 0 Å². The molecule has 3 heteroatoms. The highest BCUT2D eigenvalue weighted by Crippen LogP contribution is 2.22. The van der Waals surface area contributed by atoms with Crippen molar-refractivity contribution in [1.82, 2.24) is 4.57 Å². The van der Waals surface area contributed by atoms with Crippen LogP contribution in [0.3, 0.4) is 0 Å². The normalized spacial score (nSPS) is 12.0.